The lowest BCUT2D eigenvalue weighted by atomic mass is 10.0. The summed E-state index contributed by atoms with van der Waals surface area (Å²) in [5.74, 6) is -0.670. The standard InChI is InChI=1S/C20H25N3O2S/c1-4-8-23-9-7-15-16(11-23)26-20(17(15)18(21)24)22-19(25)14-6-5-12(2)10-13(14)3/h5-6,10H,4,7-9,11H2,1-3H3,(H2,21,24)(H,22,25). The van der Waals surface area contributed by atoms with Gasteiger partial charge in [0.15, 0.2) is 0 Å². The van der Waals surface area contributed by atoms with E-state index >= 15 is 0 Å². The van der Waals surface area contributed by atoms with Crippen LogP contribution in [0.5, 0.6) is 0 Å². The highest BCUT2D eigenvalue weighted by Gasteiger charge is 2.27. The van der Waals surface area contributed by atoms with Gasteiger partial charge in [0, 0.05) is 23.5 Å². The van der Waals surface area contributed by atoms with Crippen LogP contribution in [0.3, 0.4) is 0 Å². The number of benzene rings is 1. The zero-order chi connectivity index (χ0) is 18.8. The van der Waals surface area contributed by atoms with E-state index in [1.165, 1.54) is 11.3 Å². The number of carbonyl (C=O) groups excluding carboxylic acids is 2. The molecule has 1 aliphatic rings. The van der Waals surface area contributed by atoms with Crippen LogP contribution in [-0.4, -0.2) is 29.8 Å². The Morgan fingerprint density at radius 3 is 2.73 bits per heavy atom. The van der Waals surface area contributed by atoms with Crippen molar-refractivity contribution in [3.63, 3.8) is 0 Å². The lowest BCUT2D eigenvalue weighted by Crippen LogP contribution is -2.31. The van der Waals surface area contributed by atoms with Gasteiger partial charge in [-0.3, -0.25) is 14.5 Å². The van der Waals surface area contributed by atoms with Crippen molar-refractivity contribution >= 4 is 28.2 Å². The van der Waals surface area contributed by atoms with Gasteiger partial charge in [0.1, 0.15) is 5.00 Å². The molecule has 0 spiro atoms. The van der Waals surface area contributed by atoms with Gasteiger partial charge in [-0.15, -0.1) is 11.3 Å². The number of amides is 2. The summed E-state index contributed by atoms with van der Waals surface area (Å²) < 4.78 is 0. The Morgan fingerprint density at radius 1 is 1.31 bits per heavy atom. The Bertz CT molecular complexity index is 857. The van der Waals surface area contributed by atoms with Crippen molar-refractivity contribution in [1.82, 2.24) is 4.90 Å². The second kappa shape index (κ2) is 7.60. The number of nitrogens with two attached hydrogens (primary N) is 1. The third kappa shape index (κ3) is 3.66. The van der Waals surface area contributed by atoms with Gasteiger partial charge >= 0.3 is 0 Å². The second-order valence-electron chi connectivity index (χ2n) is 6.87. The van der Waals surface area contributed by atoms with E-state index in [1.807, 2.05) is 32.0 Å². The highest BCUT2D eigenvalue weighted by molar-refractivity contribution is 7.17. The van der Waals surface area contributed by atoms with Crippen molar-refractivity contribution in [1.29, 1.82) is 0 Å². The number of hydrogen-bond acceptors (Lipinski definition) is 4. The topological polar surface area (TPSA) is 75.4 Å². The molecule has 1 aromatic heterocycles. The van der Waals surface area contributed by atoms with Crippen molar-refractivity contribution in [2.24, 2.45) is 5.73 Å². The van der Waals surface area contributed by atoms with Crippen LogP contribution in [0.2, 0.25) is 0 Å². The lowest BCUT2D eigenvalue weighted by Gasteiger charge is -2.26. The molecule has 6 heteroatoms. The maximum Gasteiger partial charge on any atom is 0.256 e. The molecule has 1 aliphatic heterocycles. The molecule has 1 aromatic carbocycles. The summed E-state index contributed by atoms with van der Waals surface area (Å²) >= 11 is 1.48. The minimum atomic E-state index is -0.470. The average molecular weight is 372 g/mol. The van der Waals surface area contributed by atoms with Crippen LogP contribution in [0, 0.1) is 13.8 Å². The molecule has 2 heterocycles. The molecule has 5 nitrogen and oxygen atoms in total. The zero-order valence-electron chi connectivity index (χ0n) is 15.5. The van der Waals surface area contributed by atoms with Gasteiger partial charge < -0.3 is 11.1 Å². The molecule has 0 fully saturated rings. The van der Waals surface area contributed by atoms with Crippen LogP contribution in [-0.2, 0) is 13.0 Å². The molecular weight excluding hydrogens is 346 g/mol. The maximum absolute atomic E-state index is 12.7. The molecular formula is C20H25N3O2S. The normalized spacial score (nSPS) is 14.1. The molecule has 2 aromatic rings. The molecule has 0 radical (unpaired) electrons. The van der Waals surface area contributed by atoms with Crippen LogP contribution in [0.4, 0.5) is 5.00 Å². The predicted molar refractivity (Wildman–Crippen MR) is 106 cm³/mol. The fourth-order valence-electron chi connectivity index (χ4n) is 3.55. The van der Waals surface area contributed by atoms with E-state index in [1.54, 1.807) is 0 Å². The number of aryl methyl sites for hydroxylation is 2. The molecule has 3 N–H and O–H groups in total. The Morgan fingerprint density at radius 2 is 2.08 bits per heavy atom. The van der Waals surface area contributed by atoms with Crippen LogP contribution in [0.1, 0.15) is 55.6 Å². The van der Waals surface area contributed by atoms with Gasteiger partial charge in [-0.2, -0.15) is 0 Å². The fourth-order valence-corrected chi connectivity index (χ4v) is 4.84. The minimum absolute atomic E-state index is 0.200. The van der Waals surface area contributed by atoms with Gasteiger partial charge in [-0.25, -0.2) is 0 Å². The van der Waals surface area contributed by atoms with Crippen LogP contribution < -0.4 is 11.1 Å². The van der Waals surface area contributed by atoms with E-state index in [0.717, 1.165) is 54.0 Å². The molecule has 0 aliphatic carbocycles. The first kappa shape index (κ1) is 18.6. The summed E-state index contributed by atoms with van der Waals surface area (Å²) in [6.45, 7) is 8.84. The number of primary amides is 1. The van der Waals surface area contributed by atoms with E-state index in [4.69, 9.17) is 5.73 Å². The van der Waals surface area contributed by atoms with Crippen LogP contribution in [0.25, 0.3) is 0 Å². The molecule has 26 heavy (non-hydrogen) atoms. The molecule has 3 rings (SSSR count). The van der Waals surface area contributed by atoms with E-state index in [-0.39, 0.29) is 5.91 Å². The van der Waals surface area contributed by atoms with Crippen molar-refractivity contribution in [3.05, 3.63) is 50.9 Å². The molecule has 2 amide bonds. The molecule has 0 unspecified atom stereocenters. The highest BCUT2D eigenvalue weighted by Crippen LogP contribution is 2.37. The summed E-state index contributed by atoms with van der Waals surface area (Å²) in [7, 11) is 0. The Balaban J connectivity index is 1.90. The van der Waals surface area contributed by atoms with Crippen LogP contribution >= 0.6 is 11.3 Å². The summed E-state index contributed by atoms with van der Waals surface area (Å²) in [5.41, 5.74) is 9.78. The Kier molecular flexibility index (Phi) is 5.44. The van der Waals surface area contributed by atoms with E-state index < -0.39 is 5.91 Å². The third-order valence-electron chi connectivity index (χ3n) is 4.78. The van der Waals surface area contributed by atoms with E-state index in [0.29, 0.717) is 16.1 Å². The molecule has 0 saturated carbocycles. The predicted octanol–water partition coefficient (Wildman–Crippen LogP) is 3.48. The van der Waals surface area contributed by atoms with Crippen molar-refractivity contribution in [2.75, 3.05) is 18.4 Å². The van der Waals surface area contributed by atoms with Crippen molar-refractivity contribution < 1.29 is 9.59 Å². The monoisotopic (exact) mass is 371 g/mol. The summed E-state index contributed by atoms with van der Waals surface area (Å²) in [6.07, 6.45) is 1.89. The number of rotatable bonds is 5. The number of carbonyl (C=O) groups is 2. The quantitative estimate of drug-likeness (QED) is 0.845. The summed E-state index contributed by atoms with van der Waals surface area (Å²) in [4.78, 5) is 28.3. The smallest absolute Gasteiger partial charge is 0.256 e. The molecule has 0 saturated heterocycles. The van der Waals surface area contributed by atoms with E-state index in [2.05, 4.69) is 17.1 Å². The second-order valence-corrected chi connectivity index (χ2v) is 7.98. The summed E-state index contributed by atoms with van der Waals surface area (Å²) in [6, 6.07) is 5.71. The number of hydrogen-bond donors (Lipinski definition) is 2. The number of thiophene rings is 1. The average Bonchev–Trinajstić information content (AvgIpc) is 2.92. The van der Waals surface area contributed by atoms with Gasteiger partial charge in [-0.1, -0.05) is 24.6 Å². The first-order chi connectivity index (χ1) is 12.4. The summed E-state index contributed by atoms with van der Waals surface area (Å²) in [5, 5.41) is 3.51. The number of fused-ring (bicyclic) bond motifs is 1. The fraction of sp³-hybridized carbons (Fsp3) is 0.400. The molecule has 0 bridgehead atoms. The third-order valence-corrected chi connectivity index (χ3v) is 5.91. The number of nitrogens with zero attached hydrogens (tertiary/aromatic N) is 1. The SMILES string of the molecule is CCCN1CCc2c(sc(NC(=O)c3ccc(C)cc3C)c2C(N)=O)C1. The van der Waals surface area contributed by atoms with Gasteiger partial charge in [0.2, 0.25) is 0 Å². The van der Waals surface area contributed by atoms with Crippen molar-refractivity contribution in [3.8, 4) is 0 Å². The lowest BCUT2D eigenvalue weighted by molar-refractivity contribution is 0.1000. The van der Waals surface area contributed by atoms with Crippen molar-refractivity contribution in [2.45, 2.75) is 40.2 Å². The largest absolute Gasteiger partial charge is 0.365 e. The number of anilines is 1. The maximum atomic E-state index is 12.7. The van der Waals surface area contributed by atoms with Crippen LogP contribution in [0.15, 0.2) is 18.2 Å². The van der Waals surface area contributed by atoms with Gasteiger partial charge in [-0.05, 0) is 50.4 Å². The minimum Gasteiger partial charge on any atom is -0.365 e. The van der Waals surface area contributed by atoms with Gasteiger partial charge in [0.25, 0.3) is 11.8 Å². The molecule has 0 atom stereocenters. The molecule has 138 valence electrons. The Hall–Kier alpha value is -2.18. The number of nitrogens with one attached hydrogen (secondary N) is 1. The first-order valence-corrected chi connectivity index (χ1v) is 9.77. The first-order valence-electron chi connectivity index (χ1n) is 8.96. The van der Waals surface area contributed by atoms with E-state index in [9.17, 15) is 9.59 Å². The Labute approximate surface area is 158 Å². The van der Waals surface area contributed by atoms with Gasteiger partial charge in [0.05, 0.1) is 5.56 Å². The zero-order valence-corrected chi connectivity index (χ0v) is 16.3. The highest BCUT2D eigenvalue weighted by atomic mass is 32.1.